The maximum atomic E-state index is 12.9. The molecule has 0 aliphatic rings. The maximum absolute atomic E-state index is 12.9. The highest BCUT2D eigenvalue weighted by Crippen LogP contribution is 2.28. The van der Waals surface area contributed by atoms with E-state index in [9.17, 15) is 9.59 Å². The Bertz CT molecular complexity index is 925. The largest absolute Gasteiger partial charge is 0.481 e. The number of fused-ring (bicyclic) bond motifs is 1. The first kappa shape index (κ1) is 15.8. The molecule has 0 fully saturated rings. The number of carboxylic acid groups (broad SMARTS) is 1. The number of carboxylic acids is 1. The van der Waals surface area contributed by atoms with E-state index in [1.807, 2.05) is 13.8 Å². The monoisotopic (exact) mass is 350 g/mol. The summed E-state index contributed by atoms with van der Waals surface area (Å²) >= 11 is 2.49. The highest BCUT2D eigenvalue weighted by Gasteiger charge is 2.18. The molecule has 0 bridgehead atoms. The van der Waals surface area contributed by atoms with Crippen LogP contribution in [0.4, 0.5) is 0 Å². The number of thioether (sulfide) groups is 1. The molecule has 0 unspecified atom stereocenters. The second kappa shape index (κ2) is 6.21. The van der Waals surface area contributed by atoms with Crippen LogP contribution in [0.25, 0.3) is 10.2 Å². The lowest BCUT2D eigenvalue weighted by atomic mass is 10.2. The second-order valence-electron chi connectivity index (χ2n) is 5.01. The van der Waals surface area contributed by atoms with Crippen LogP contribution in [0, 0.1) is 13.8 Å². The molecule has 0 amide bonds. The maximum Gasteiger partial charge on any atom is 0.313 e. The molecule has 0 aliphatic heterocycles. The van der Waals surface area contributed by atoms with E-state index in [2.05, 4.69) is 4.98 Å². The van der Waals surface area contributed by atoms with Gasteiger partial charge in [-0.1, -0.05) is 11.8 Å². The zero-order valence-electron chi connectivity index (χ0n) is 12.5. The Morgan fingerprint density at radius 3 is 2.91 bits per heavy atom. The third-order valence-corrected chi connectivity index (χ3v) is 5.53. The van der Waals surface area contributed by atoms with Crippen LogP contribution in [0.2, 0.25) is 0 Å². The number of aliphatic carboxylic acids is 1. The molecule has 6 nitrogen and oxygen atoms in total. The molecule has 0 atom stereocenters. The standard InChI is InChI=1S/C15H14N2O4S2/c1-8-9(2)23-13-12(8)14(20)17(6-10-4-3-5-21-10)15(16-13)22-7-11(18)19/h3-5H,6-7H2,1-2H3,(H,18,19). The van der Waals surface area contributed by atoms with Crippen LogP contribution >= 0.6 is 23.1 Å². The first-order valence-electron chi connectivity index (χ1n) is 6.85. The molecular weight excluding hydrogens is 336 g/mol. The lowest BCUT2D eigenvalue weighted by Crippen LogP contribution is -2.24. The first-order chi connectivity index (χ1) is 11.0. The molecule has 3 aromatic heterocycles. The lowest BCUT2D eigenvalue weighted by molar-refractivity contribution is -0.133. The Morgan fingerprint density at radius 2 is 2.26 bits per heavy atom. The van der Waals surface area contributed by atoms with Gasteiger partial charge in [-0.05, 0) is 31.5 Å². The highest BCUT2D eigenvalue weighted by atomic mass is 32.2. The molecule has 0 saturated carbocycles. The third kappa shape index (κ3) is 3.04. The molecule has 3 aromatic rings. The van der Waals surface area contributed by atoms with E-state index in [0.29, 0.717) is 21.1 Å². The number of furan rings is 1. The van der Waals surface area contributed by atoms with Crippen molar-refractivity contribution in [1.82, 2.24) is 9.55 Å². The molecular formula is C15H14N2O4S2. The summed E-state index contributed by atoms with van der Waals surface area (Å²) in [6.07, 6.45) is 1.54. The van der Waals surface area contributed by atoms with E-state index in [4.69, 9.17) is 9.52 Å². The molecule has 0 aliphatic carbocycles. The molecule has 120 valence electrons. The fourth-order valence-corrected chi connectivity index (χ4v) is 4.03. The van der Waals surface area contributed by atoms with E-state index in [1.54, 1.807) is 12.1 Å². The molecule has 8 heteroatoms. The number of rotatable bonds is 5. The van der Waals surface area contributed by atoms with Gasteiger partial charge in [-0.25, -0.2) is 4.98 Å². The molecule has 1 N–H and O–H groups in total. The topological polar surface area (TPSA) is 85.3 Å². The van der Waals surface area contributed by atoms with Gasteiger partial charge in [0.2, 0.25) is 0 Å². The van der Waals surface area contributed by atoms with Crippen molar-refractivity contribution in [3.63, 3.8) is 0 Å². The molecule has 3 heterocycles. The zero-order chi connectivity index (χ0) is 16.6. The normalized spacial score (nSPS) is 11.2. The first-order valence-corrected chi connectivity index (χ1v) is 8.65. The van der Waals surface area contributed by atoms with Gasteiger partial charge in [-0.2, -0.15) is 0 Å². The Hall–Kier alpha value is -2.06. The van der Waals surface area contributed by atoms with Crippen molar-refractivity contribution in [2.75, 3.05) is 5.75 Å². The van der Waals surface area contributed by atoms with Crippen molar-refractivity contribution in [2.45, 2.75) is 25.5 Å². The molecule has 0 radical (unpaired) electrons. The minimum atomic E-state index is -0.951. The minimum Gasteiger partial charge on any atom is -0.481 e. The molecule has 0 aromatic carbocycles. The Morgan fingerprint density at radius 1 is 1.48 bits per heavy atom. The van der Waals surface area contributed by atoms with Gasteiger partial charge in [-0.15, -0.1) is 11.3 Å². The Kier molecular flexibility index (Phi) is 4.27. The lowest BCUT2D eigenvalue weighted by Gasteiger charge is -2.10. The van der Waals surface area contributed by atoms with Crippen molar-refractivity contribution in [3.8, 4) is 0 Å². The summed E-state index contributed by atoms with van der Waals surface area (Å²) < 4.78 is 6.79. The van der Waals surface area contributed by atoms with E-state index in [0.717, 1.165) is 22.2 Å². The van der Waals surface area contributed by atoms with Gasteiger partial charge in [0.1, 0.15) is 10.6 Å². The van der Waals surface area contributed by atoms with Gasteiger partial charge in [0.25, 0.3) is 5.56 Å². The van der Waals surface area contributed by atoms with Crippen LogP contribution in [0.1, 0.15) is 16.2 Å². The summed E-state index contributed by atoms with van der Waals surface area (Å²) in [5.74, 6) is -0.484. The van der Waals surface area contributed by atoms with Gasteiger partial charge < -0.3 is 9.52 Å². The van der Waals surface area contributed by atoms with Gasteiger partial charge >= 0.3 is 5.97 Å². The quantitative estimate of drug-likeness (QED) is 0.562. The highest BCUT2D eigenvalue weighted by molar-refractivity contribution is 7.99. The molecule has 0 saturated heterocycles. The molecule has 23 heavy (non-hydrogen) atoms. The van der Waals surface area contributed by atoms with Crippen LogP contribution in [0.5, 0.6) is 0 Å². The Balaban J connectivity index is 2.17. The fourth-order valence-electron chi connectivity index (χ4n) is 2.24. The van der Waals surface area contributed by atoms with E-state index >= 15 is 0 Å². The van der Waals surface area contributed by atoms with Crippen LogP contribution in [-0.2, 0) is 11.3 Å². The number of aromatic nitrogens is 2. The van der Waals surface area contributed by atoms with Crippen molar-refractivity contribution in [2.24, 2.45) is 0 Å². The van der Waals surface area contributed by atoms with E-state index < -0.39 is 5.97 Å². The zero-order valence-corrected chi connectivity index (χ0v) is 14.2. The number of aryl methyl sites for hydroxylation is 2. The van der Waals surface area contributed by atoms with Crippen LogP contribution in [-0.4, -0.2) is 26.4 Å². The number of thiophene rings is 1. The predicted octanol–water partition coefficient (Wildman–Crippen LogP) is 2.89. The van der Waals surface area contributed by atoms with Gasteiger partial charge in [0.15, 0.2) is 5.16 Å². The number of hydrogen-bond donors (Lipinski definition) is 1. The number of carbonyl (C=O) groups is 1. The number of hydrogen-bond acceptors (Lipinski definition) is 6. The average Bonchev–Trinajstić information content (AvgIpc) is 3.09. The summed E-state index contributed by atoms with van der Waals surface area (Å²) in [5, 5.41) is 9.89. The number of nitrogens with zero attached hydrogens (tertiary/aromatic N) is 2. The molecule has 3 rings (SSSR count). The average molecular weight is 350 g/mol. The summed E-state index contributed by atoms with van der Waals surface area (Å²) in [6.45, 7) is 4.08. The summed E-state index contributed by atoms with van der Waals surface area (Å²) in [7, 11) is 0. The minimum absolute atomic E-state index is 0.153. The van der Waals surface area contributed by atoms with E-state index in [1.165, 1.54) is 22.2 Å². The Labute approximate surface area is 139 Å². The van der Waals surface area contributed by atoms with Crippen LogP contribution in [0.3, 0.4) is 0 Å². The summed E-state index contributed by atoms with van der Waals surface area (Å²) in [6, 6.07) is 3.52. The van der Waals surface area contributed by atoms with E-state index in [-0.39, 0.29) is 17.9 Å². The van der Waals surface area contributed by atoms with Gasteiger partial charge in [-0.3, -0.25) is 14.2 Å². The van der Waals surface area contributed by atoms with Crippen LogP contribution in [0.15, 0.2) is 32.8 Å². The fraction of sp³-hybridized carbons (Fsp3) is 0.267. The van der Waals surface area contributed by atoms with Gasteiger partial charge in [0, 0.05) is 4.88 Å². The van der Waals surface area contributed by atoms with Crippen molar-refractivity contribution >= 4 is 39.3 Å². The van der Waals surface area contributed by atoms with Crippen molar-refractivity contribution in [3.05, 3.63) is 45.0 Å². The van der Waals surface area contributed by atoms with Gasteiger partial charge in [0.05, 0.1) is 23.9 Å². The second-order valence-corrected chi connectivity index (χ2v) is 7.16. The van der Waals surface area contributed by atoms with Crippen molar-refractivity contribution < 1.29 is 14.3 Å². The summed E-state index contributed by atoms with van der Waals surface area (Å²) in [5.41, 5.74) is 0.756. The summed E-state index contributed by atoms with van der Waals surface area (Å²) in [4.78, 5) is 29.9. The SMILES string of the molecule is Cc1sc2nc(SCC(=O)O)n(Cc3ccco3)c(=O)c2c1C. The predicted molar refractivity (Wildman–Crippen MR) is 89.5 cm³/mol. The third-order valence-electron chi connectivity index (χ3n) is 3.47. The van der Waals surface area contributed by atoms with Crippen LogP contribution < -0.4 is 5.56 Å². The smallest absolute Gasteiger partial charge is 0.313 e. The van der Waals surface area contributed by atoms with Crippen molar-refractivity contribution in [1.29, 1.82) is 0 Å². The molecule has 0 spiro atoms.